The highest BCUT2D eigenvalue weighted by Crippen LogP contribution is 2.28. The van der Waals surface area contributed by atoms with E-state index >= 15 is 0 Å². The van der Waals surface area contributed by atoms with E-state index in [1.54, 1.807) is 12.1 Å². The Morgan fingerprint density at radius 3 is 2.50 bits per heavy atom. The van der Waals surface area contributed by atoms with E-state index in [-0.39, 0.29) is 17.7 Å². The lowest BCUT2D eigenvalue weighted by atomic mass is 9.95. The van der Waals surface area contributed by atoms with Gasteiger partial charge in [-0.25, -0.2) is 8.78 Å². The fraction of sp³-hybridized carbons (Fsp3) is 0.250. The Labute approximate surface area is 126 Å². The Morgan fingerprint density at radius 2 is 1.90 bits per heavy atom. The van der Waals surface area contributed by atoms with E-state index in [9.17, 15) is 8.78 Å². The van der Waals surface area contributed by atoms with Gasteiger partial charge in [-0.15, -0.1) is 0 Å². The molecule has 0 saturated carbocycles. The third-order valence-corrected chi connectivity index (χ3v) is 3.87. The highest BCUT2D eigenvalue weighted by atomic mass is 79.9. The number of rotatable bonds is 4. The second kappa shape index (κ2) is 6.46. The van der Waals surface area contributed by atoms with Crippen molar-refractivity contribution in [2.45, 2.75) is 19.9 Å². The van der Waals surface area contributed by atoms with Crippen molar-refractivity contribution in [2.24, 2.45) is 0 Å². The fourth-order valence-corrected chi connectivity index (χ4v) is 2.51. The summed E-state index contributed by atoms with van der Waals surface area (Å²) in [6.07, 6.45) is 0. The van der Waals surface area contributed by atoms with Crippen LogP contribution in [-0.4, -0.2) is 6.54 Å². The smallest absolute Gasteiger partial charge is 0.137 e. The van der Waals surface area contributed by atoms with Crippen molar-refractivity contribution in [2.75, 3.05) is 6.54 Å². The summed E-state index contributed by atoms with van der Waals surface area (Å²) in [4.78, 5) is 0. The van der Waals surface area contributed by atoms with E-state index in [4.69, 9.17) is 0 Å². The molecule has 1 unspecified atom stereocenters. The van der Waals surface area contributed by atoms with Gasteiger partial charge in [-0.3, -0.25) is 0 Å². The summed E-state index contributed by atoms with van der Waals surface area (Å²) in [5, 5.41) is 3.32. The molecule has 0 heterocycles. The summed E-state index contributed by atoms with van der Waals surface area (Å²) in [6.45, 7) is 4.58. The van der Waals surface area contributed by atoms with Gasteiger partial charge < -0.3 is 5.32 Å². The van der Waals surface area contributed by atoms with Crippen molar-refractivity contribution in [3.8, 4) is 0 Å². The number of nitrogens with one attached hydrogen (secondary N) is 1. The quantitative estimate of drug-likeness (QED) is 0.848. The Bertz CT molecular complexity index is 613. The zero-order chi connectivity index (χ0) is 14.7. The number of hydrogen-bond acceptors (Lipinski definition) is 1. The average molecular weight is 340 g/mol. The van der Waals surface area contributed by atoms with Crippen molar-refractivity contribution >= 4 is 15.9 Å². The van der Waals surface area contributed by atoms with Crippen LogP contribution in [0, 0.1) is 18.6 Å². The van der Waals surface area contributed by atoms with Crippen molar-refractivity contribution in [3.63, 3.8) is 0 Å². The lowest BCUT2D eigenvalue weighted by molar-refractivity contribution is 0.593. The highest BCUT2D eigenvalue weighted by molar-refractivity contribution is 9.10. The minimum atomic E-state index is -0.301. The summed E-state index contributed by atoms with van der Waals surface area (Å²) in [6, 6.07) is 9.58. The first kappa shape index (κ1) is 15.1. The standard InChI is InChI=1S/C16H16BrF2N/c1-3-20-16(11-4-7-14(17)15(19)9-11)13-6-5-12(18)8-10(13)2/h4-9,16,20H,3H2,1-2H3. The minimum Gasteiger partial charge on any atom is -0.307 e. The van der Waals surface area contributed by atoms with Crippen molar-refractivity contribution < 1.29 is 8.78 Å². The van der Waals surface area contributed by atoms with Crippen LogP contribution in [0.15, 0.2) is 40.9 Å². The first-order chi connectivity index (χ1) is 9.52. The number of aryl methyl sites for hydroxylation is 1. The van der Waals surface area contributed by atoms with Gasteiger partial charge in [0.15, 0.2) is 0 Å². The van der Waals surface area contributed by atoms with Gasteiger partial charge in [0, 0.05) is 0 Å². The molecular formula is C16H16BrF2N. The molecule has 0 aromatic heterocycles. The summed E-state index contributed by atoms with van der Waals surface area (Å²) in [5.74, 6) is -0.561. The van der Waals surface area contributed by atoms with Crippen LogP contribution in [0.2, 0.25) is 0 Å². The van der Waals surface area contributed by atoms with Crippen molar-refractivity contribution in [1.82, 2.24) is 5.32 Å². The molecule has 0 amide bonds. The molecule has 0 saturated heterocycles. The zero-order valence-electron chi connectivity index (χ0n) is 11.4. The third-order valence-electron chi connectivity index (χ3n) is 3.23. The van der Waals surface area contributed by atoms with Crippen LogP contribution in [0.1, 0.15) is 29.7 Å². The Kier molecular flexibility index (Phi) is 4.89. The van der Waals surface area contributed by atoms with Crippen LogP contribution >= 0.6 is 15.9 Å². The molecule has 0 radical (unpaired) electrons. The summed E-state index contributed by atoms with van der Waals surface area (Å²) in [5.41, 5.74) is 2.62. The molecule has 2 aromatic rings. The number of hydrogen-bond donors (Lipinski definition) is 1. The molecule has 1 N–H and O–H groups in total. The molecule has 0 spiro atoms. The Balaban J connectivity index is 2.47. The van der Waals surface area contributed by atoms with E-state index in [0.29, 0.717) is 4.47 Å². The van der Waals surface area contributed by atoms with Crippen LogP contribution < -0.4 is 5.32 Å². The van der Waals surface area contributed by atoms with E-state index in [0.717, 1.165) is 23.2 Å². The highest BCUT2D eigenvalue weighted by Gasteiger charge is 2.16. The molecule has 20 heavy (non-hydrogen) atoms. The summed E-state index contributed by atoms with van der Waals surface area (Å²) < 4.78 is 27.4. The monoisotopic (exact) mass is 339 g/mol. The van der Waals surface area contributed by atoms with Crippen LogP contribution in [0.4, 0.5) is 8.78 Å². The third kappa shape index (κ3) is 3.25. The molecular weight excluding hydrogens is 324 g/mol. The first-order valence-electron chi connectivity index (χ1n) is 6.47. The number of halogens is 3. The second-order valence-corrected chi connectivity index (χ2v) is 5.52. The van der Waals surface area contributed by atoms with Gasteiger partial charge in [0.2, 0.25) is 0 Å². The average Bonchev–Trinajstić information content (AvgIpc) is 2.40. The predicted molar refractivity (Wildman–Crippen MR) is 80.8 cm³/mol. The molecule has 2 rings (SSSR count). The number of benzene rings is 2. The van der Waals surface area contributed by atoms with Gasteiger partial charge in [0.1, 0.15) is 11.6 Å². The van der Waals surface area contributed by atoms with E-state index in [1.807, 2.05) is 19.9 Å². The molecule has 1 atom stereocenters. The van der Waals surface area contributed by atoms with Gasteiger partial charge in [-0.2, -0.15) is 0 Å². The van der Waals surface area contributed by atoms with E-state index in [1.165, 1.54) is 18.2 Å². The van der Waals surface area contributed by atoms with Gasteiger partial charge >= 0.3 is 0 Å². The zero-order valence-corrected chi connectivity index (χ0v) is 13.0. The maximum absolute atomic E-state index is 13.7. The van der Waals surface area contributed by atoms with Gasteiger partial charge in [0.25, 0.3) is 0 Å². The van der Waals surface area contributed by atoms with Gasteiger partial charge in [-0.05, 0) is 70.4 Å². The lowest BCUT2D eigenvalue weighted by Gasteiger charge is -2.21. The molecule has 106 valence electrons. The normalized spacial score (nSPS) is 12.4. The molecule has 1 nitrogen and oxygen atoms in total. The fourth-order valence-electron chi connectivity index (χ4n) is 2.27. The molecule has 2 aromatic carbocycles. The lowest BCUT2D eigenvalue weighted by Crippen LogP contribution is -2.23. The molecule has 0 aliphatic heterocycles. The topological polar surface area (TPSA) is 12.0 Å². The molecule has 0 fully saturated rings. The Hall–Kier alpha value is -1.26. The van der Waals surface area contributed by atoms with Crippen LogP contribution in [-0.2, 0) is 0 Å². The summed E-state index contributed by atoms with van der Waals surface area (Å²) >= 11 is 3.15. The van der Waals surface area contributed by atoms with Crippen LogP contribution in [0.25, 0.3) is 0 Å². The van der Waals surface area contributed by atoms with Gasteiger partial charge in [-0.1, -0.05) is 19.1 Å². The second-order valence-electron chi connectivity index (χ2n) is 4.67. The first-order valence-corrected chi connectivity index (χ1v) is 7.26. The largest absolute Gasteiger partial charge is 0.307 e. The molecule has 0 aliphatic carbocycles. The Morgan fingerprint density at radius 1 is 1.15 bits per heavy atom. The van der Waals surface area contributed by atoms with Gasteiger partial charge in [0.05, 0.1) is 10.5 Å². The maximum atomic E-state index is 13.7. The van der Waals surface area contributed by atoms with Crippen molar-refractivity contribution in [3.05, 3.63) is 69.2 Å². The molecule has 4 heteroatoms. The SMILES string of the molecule is CCNC(c1ccc(Br)c(F)c1)c1ccc(F)cc1C. The van der Waals surface area contributed by atoms with Crippen LogP contribution in [0.3, 0.4) is 0 Å². The predicted octanol–water partition coefficient (Wildman–Crippen LogP) is 4.73. The van der Waals surface area contributed by atoms with Crippen LogP contribution in [0.5, 0.6) is 0 Å². The van der Waals surface area contributed by atoms with E-state index in [2.05, 4.69) is 21.2 Å². The minimum absolute atomic E-state index is 0.150. The maximum Gasteiger partial charge on any atom is 0.137 e. The summed E-state index contributed by atoms with van der Waals surface area (Å²) in [7, 11) is 0. The molecule has 0 aliphatic rings. The van der Waals surface area contributed by atoms with Crippen molar-refractivity contribution in [1.29, 1.82) is 0 Å². The van der Waals surface area contributed by atoms with E-state index < -0.39 is 0 Å². The molecule has 0 bridgehead atoms.